The van der Waals surface area contributed by atoms with Crippen molar-refractivity contribution in [1.82, 2.24) is 20.6 Å². The fraction of sp³-hybridized carbons (Fsp3) is 0.125. The average molecular weight is 373 g/mol. The van der Waals surface area contributed by atoms with Crippen LogP contribution in [0.15, 0.2) is 41.3 Å². The first-order valence-electron chi connectivity index (χ1n) is 7.49. The summed E-state index contributed by atoms with van der Waals surface area (Å²) < 4.78 is 28.1. The number of hydrogen-bond acceptors (Lipinski definition) is 6. The minimum absolute atomic E-state index is 0.0835. The summed E-state index contributed by atoms with van der Waals surface area (Å²) >= 11 is 0. The molecule has 0 amide bonds. The maximum absolute atomic E-state index is 12.8. The number of aryl methyl sites for hydroxylation is 1. The fourth-order valence-corrected chi connectivity index (χ4v) is 3.84. The van der Waals surface area contributed by atoms with Crippen molar-refractivity contribution in [2.75, 3.05) is 4.72 Å². The lowest BCUT2D eigenvalue weighted by Gasteiger charge is -2.13. The Morgan fingerprint density at radius 3 is 2.62 bits per heavy atom. The number of carboxylic acid groups (broad SMARTS) is 1. The molecule has 1 heterocycles. The van der Waals surface area contributed by atoms with Crippen LogP contribution < -0.4 is 4.72 Å². The quantitative estimate of drug-likeness (QED) is 0.621. The van der Waals surface area contributed by atoms with E-state index >= 15 is 0 Å². The van der Waals surface area contributed by atoms with Gasteiger partial charge in [-0.15, -0.1) is 10.2 Å². The van der Waals surface area contributed by atoms with E-state index in [0.29, 0.717) is 28.2 Å². The Morgan fingerprint density at radius 1 is 1.19 bits per heavy atom. The van der Waals surface area contributed by atoms with E-state index in [1.165, 1.54) is 6.07 Å². The van der Waals surface area contributed by atoms with Gasteiger partial charge in [-0.25, -0.2) is 13.2 Å². The van der Waals surface area contributed by atoms with Crippen molar-refractivity contribution in [3.05, 3.63) is 53.1 Å². The number of rotatable bonds is 5. The lowest BCUT2D eigenvalue weighted by molar-refractivity contribution is 0.0696. The molecule has 3 rings (SSSR count). The van der Waals surface area contributed by atoms with Gasteiger partial charge in [0.05, 0.1) is 10.5 Å². The molecular formula is C16H15N5O4S. The fourth-order valence-electron chi connectivity index (χ4n) is 2.45. The standard InChI is InChI=1S/C16H15N5O4S/c1-9-6-12(16(22)23)8-14(10(9)2)26(24,25)19-13-5-3-4-11(7-13)15-17-20-21-18-15/h3-8,19H,1-2H3,(H,22,23)(H,17,18,20,21). The number of benzene rings is 2. The third-order valence-corrected chi connectivity index (χ3v) is 5.38. The largest absolute Gasteiger partial charge is 0.478 e. The van der Waals surface area contributed by atoms with Crippen LogP contribution >= 0.6 is 0 Å². The highest BCUT2D eigenvalue weighted by molar-refractivity contribution is 7.92. The minimum atomic E-state index is -3.99. The van der Waals surface area contributed by atoms with E-state index in [1.54, 1.807) is 38.1 Å². The molecule has 0 radical (unpaired) electrons. The summed E-state index contributed by atoms with van der Waals surface area (Å²) in [5.41, 5.74) is 1.84. The zero-order chi connectivity index (χ0) is 18.9. The van der Waals surface area contributed by atoms with Gasteiger partial charge in [0.25, 0.3) is 10.0 Å². The van der Waals surface area contributed by atoms with Crippen LogP contribution in [0.4, 0.5) is 5.69 Å². The van der Waals surface area contributed by atoms with Gasteiger partial charge in [-0.3, -0.25) is 4.72 Å². The number of carboxylic acids is 1. The Hall–Kier alpha value is -3.27. The van der Waals surface area contributed by atoms with Crippen LogP contribution in [0.3, 0.4) is 0 Å². The van der Waals surface area contributed by atoms with E-state index < -0.39 is 16.0 Å². The SMILES string of the molecule is Cc1cc(C(=O)O)cc(S(=O)(=O)Nc2cccc(-c3nn[nH]n3)c2)c1C. The maximum atomic E-state index is 12.8. The third-order valence-electron chi connectivity index (χ3n) is 3.87. The topological polar surface area (TPSA) is 138 Å². The number of hydrogen-bond donors (Lipinski definition) is 3. The molecule has 0 fully saturated rings. The second kappa shape index (κ2) is 6.56. The highest BCUT2D eigenvalue weighted by Gasteiger charge is 2.21. The molecule has 3 N–H and O–H groups in total. The molecule has 2 aromatic carbocycles. The normalized spacial score (nSPS) is 11.3. The Kier molecular flexibility index (Phi) is 4.43. The van der Waals surface area contributed by atoms with Crippen molar-refractivity contribution in [3.63, 3.8) is 0 Å². The van der Waals surface area contributed by atoms with Crippen molar-refractivity contribution in [2.45, 2.75) is 18.7 Å². The summed E-state index contributed by atoms with van der Waals surface area (Å²) in [6.45, 7) is 3.29. The number of aromatic amines is 1. The summed E-state index contributed by atoms with van der Waals surface area (Å²) in [6.07, 6.45) is 0. The average Bonchev–Trinajstić information content (AvgIpc) is 3.11. The molecule has 1 aromatic heterocycles. The number of aromatic nitrogens is 4. The first-order valence-corrected chi connectivity index (χ1v) is 8.97. The number of tetrazole rings is 1. The highest BCUT2D eigenvalue weighted by Crippen LogP contribution is 2.25. The van der Waals surface area contributed by atoms with Crippen LogP contribution in [-0.2, 0) is 10.0 Å². The van der Waals surface area contributed by atoms with Crippen LogP contribution in [0.1, 0.15) is 21.5 Å². The lowest BCUT2D eigenvalue weighted by atomic mass is 10.1. The van der Waals surface area contributed by atoms with Gasteiger partial charge in [0, 0.05) is 11.3 Å². The van der Waals surface area contributed by atoms with Crippen molar-refractivity contribution < 1.29 is 18.3 Å². The molecule has 0 aliphatic carbocycles. The number of aromatic carboxylic acids is 1. The number of H-pyrrole nitrogens is 1. The number of anilines is 1. The monoisotopic (exact) mass is 373 g/mol. The smallest absolute Gasteiger partial charge is 0.335 e. The maximum Gasteiger partial charge on any atom is 0.335 e. The first kappa shape index (κ1) is 17.5. The molecule has 0 aliphatic heterocycles. The highest BCUT2D eigenvalue weighted by atomic mass is 32.2. The van der Waals surface area contributed by atoms with Crippen molar-refractivity contribution in [2.24, 2.45) is 0 Å². The third kappa shape index (κ3) is 3.40. The van der Waals surface area contributed by atoms with E-state index in [9.17, 15) is 18.3 Å². The summed E-state index contributed by atoms with van der Waals surface area (Å²) in [4.78, 5) is 11.2. The molecule has 0 atom stereocenters. The van der Waals surface area contributed by atoms with E-state index in [-0.39, 0.29) is 10.5 Å². The van der Waals surface area contributed by atoms with Gasteiger partial charge < -0.3 is 5.11 Å². The van der Waals surface area contributed by atoms with Gasteiger partial charge in [0.2, 0.25) is 5.82 Å². The molecule has 0 aliphatic rings. The van der Waals surface area contributed by atoms with Gasteiger partial charge >= 0.3 is 5.97 Å². The predicted molar refractivity (Wildman–Crippen MR) is 93.3 cm³/mol. The van der Waals surface area contributed by atoms with Crippen LogP contribution in [0.2, 0.25) is 0 Å². The molecule has 0 saturated carbocycles. The second-order valence-electron chi connectivity index (χ2n) is 5.64. The van der Waals surface area contributed by atoms with Crippen molar-refractivity contribution in [1.29, 1.82) is 0 Å². The number of carbonyl (C=O) groups is 1. The van der Waals surface area contributed by atoms with Gasteiger partial charge in [-0.05, 0) is 54.5 Å². The van der Waals surface area contributed by atoms with E-state index in [2.05, 4.69) is 25.3 Å². The van der Waals surface area contributed by atoms with E-state index in [1.807, 2.05) is 0 Å². The lowest BCUT2D eigenvalue weighted by Crippen LogP contribution is -2.16. The Labute approximate surface area is 149 Å². The van der Waals surface area contributed by atoms with Gasteiger partial charge in [-0.2, -0.15) is 5.21 Å². The number of nitrogens with zero attached hydrogens (tertiary/aromatic N) is 3. The molecule has 9 nitrogen and oxygen atoms in total. The van der Waals surface area contributed by atoms with Crippen LogP contribution in [0.25, 0.3) is 11.4 Å². The zero-order valence-corrected chi connectivity index (χ0v) is 14.7. The van der Waals surface area contributed by atoms with E-state index in [0.717, 1.165) is 6.07 Å². The molecule has 26 heavy (non-hydrogen) atoms. The van der Waals surface area contributed by atoms with Gasteiger partial charge in [0.1, 0.15) is 0 Å². The summed E-state index contributed by atoms with van der Waals surface area (Å²) in [6, 6.07) is 9.08. The second-order valence-corrected chi connectivity index (χ2v) is 7.29. The zero-order valence-electron chi connectivity index (χ0n) is 13.9. The van der Waals surface area contributed by atoms with E-state index in [4.69, 9.17) is 0 Å². The number of sulfonamides is 1. The Balaban J connectivity index is 2.00. The van der Waals surface area contributed by atoms with Gasteiger partial charge in [0.15, 0.2) is 0 Å². The van der Waals surface area contributed by atoms with Crippen LogP contribution in [0.5, 0.6) is 0 Å². The molecular weight excluding hydrogens is 358 g/mol. The Morgan fingerprint density at radius 2 is 1.96 bits per heavy atom. The van der Waals surface area contributed by atoms with Crippen LogP contribution in [0, 0.1) is 13.8 Å². The summed E-state index contributed by atoms with van der Waals surface area (Å²) in [5.74, 6) is -0.866. The molecule has 0 spiro atoms. The minimum Gasteiger partial charge on any atom is -0.478 e. The predicted octanol–water partition coefficient (Wildman–Crippen LogP) is 1.98. The molecule has 0 unspecified atom stereocenters. The van der Waals surface area contributed by atoms with Crippen LogP contribution in [-0.4, -0.2) is 40.1 Å². The molecule has 3 aromatic rings. The molecule has 0 bridgehead atoms. The summed E-state index contributed by atoms with van der Waals surface area (Å²) in [5, 5.41) is 22.7. The van der Waals surface area contributed by atoms with Crippen molar-refractivity contribution >= 4 is 21.7 Å². The van der Waals surface area contributed by atoms with Crippen molar-refractivity contribution in [3.8, 4) is 11.4 Å². The van der Waals surface area contributed by atoms with Gasteiger partial charge in [-0.1, -0.05) is 12.1 Å². The molecule has 0 saturated heterocycles. The molecule has 134 valence electrons. The Bertz CT molecular complexity index is 1080. The molecule has 10 heteroatoms. The number of nitrogens with one attached hydrogen (secondary N) is 2. The summed E-state index contributed by atoms with van der Waals surface area (Å²) in [7, 11) is -3.99. The first-order chi connectivity index (χ1) is 12.3.